The van der Waals surface area contributed by atoms with Gasteiger partial charge in [0.1, 0.15) is 23.3 Å². The van der Waals surface area contributed by atoms with E-state index in [1.165, 1.54) is 15.9 Å². The lowest BCUT2D eigenvalue weighted by atomic mass is 9.99. The van der Waals surface area contributed by atoms with Gasteiger partial charge in [-0.3, -0.25) is 24.0 Å². The summed E-state index contributed by atoms with van der Waals surface area (Å²) in [6.45, 7) is 7.85. The van der Waals surface area contributed by atoms with Crippen LogP contribution in [0.5, 0.6) is 0 Å². The first-order valence-electron chi connectivity index (χ1n) is 18.7. The number of ether oxygens (including phenoxy) is 1. The van der Waals surface area contributed by atoms with Crippen LogP contribution in [0.1, 0.15) is 66.3 Å². The molecule has 1 amide bonds. The fourth-order valence-corrected chi connectivity index (χ4v) is 10.4. The van der Waals surface area contributed by atoms with Crippen LogP contribution in [0.3, 0.4) is 0 Å². The molecule has 5 aromatic rings. The van der Waals surface area contributed by atoms with Crippen LogP contribution in [-0.2, 0) is 21.3 Å². The highest BCUT2D eigenvalue weighted by Crippen LogP contribution is 2.37. The predicted octanol–water partition coefficient (Wildman–Crippen LogP) is 5.26. The molecule has 6 heterocycles. The Morgan fingerprint density at radius 1 is 1.14 bits per heavy atom. The summed E-state index contributed by atoms with van der Waals surface area (Å²) in [5.74, 6) is 6.56. The number of amides is 1. The Labute approximate surface area is 333 Å². The molecular weight excluding hydrogens is 772 g/mol. The van der Waals surface area contributed by atoms with E-state index in [-0.39, 0.29) is 34.7 Å². The van der Waals surface area contributed by atoms with Crippen LogP contribution in [0.25, 0.3) is 32.2 Å². The number of sulfonamides is 1. The molecule has 0 atom stereocenters. The largest absolute Gasteiger partial charge is 0.378 e. The highest BCUT2D eigenvalue weighted by Gasteiger charge is 2.34. The van der Waals surface area contributed by atoms with E-state index >= 15 is 0 Å². The average Bonchev–Trinajstić information content (AvgIpc) is 3.57. The lowest BCUT2D eigenvalue weighted by Gasteiger charge is -2.44. The Kier molecular flexibility index (Phi) is 10.6. The average molecular weight is 811 g/mol. The van der Waals surface area contributed by atoms with E-state index in [9.17, 15) is 23.3 Å². The standard InChI is InChI=1S/C40H39ClN8O5S2/c1-3-48(27-12-16-47(17-13-27)28-21-54-22-28)38-32(19-42)35-34(20-44-38)45-24(2)49(40(35)51)15-5-6-25-9-10-26(41)18-31(25)30-11-14-43-36-33(23-55-37(30)36)39(50)46-56(52,53)29-7-4-8-29/h9-11,14,18,20,23,27-29H,3-4,7-8,12-13,15-17,21-22H2,1-2H3,(H,46,50). The second-order valence-electron chi connectivity index (χ2n) is 14.3. The van der Waals surface area contributed by atoms with Crippen molar-refractivity contribution in [2.45, 2.75) is 69.8 Å². The molecule has 0 unspecified atom stereocenters. The molecule has 8 rings (SSSR count). The highest BCUT2D eigenvalue weighted by atomic mass is 35.5. The maximum absolute atomic E-state index is 14.2. The quantitative estimate of drug-likeness (QED) is 0.194. The molecule has 3 aliphatic rings. The highest BCUT2D eigenvalue weighted by molar-refractivity contribution is 7.90. The number of rotatable bonds is 9. The maximum Gasteiger partial charge on any atom is 0.267 e. The van der Waals surface area contributed by atoms with Gasteiger partial charge in [-0.25, -0.2) is 23.1 Å². The molecule has 1 saturated carbocycles. The predicted molar refractivity (Wildman–Crippen MR) is 216 cm³/mol. The Morgan fingerprint density at radius 3 is 2.61 bits per heavy atom. The van der Waals surface area contributed by atoms with Crippen LogP contribution in [0.4, 0.5) is 5.82 Å². The summed E-state index contributed by atoms with van der Waals surface area (Å²) in [6, 6.07) is 10.0. The van der Waals surface area contributed by atoms with Crippen molar-refractivity contribution in [3.8, 4) is 29.0 Å². The third-order valence-corrected chi connectivity index (χ3v) is 14.2. The number of nitrogens with zero attached hydrogens (tertiary/aromatic N) is 7. The summed E-state index contributed by atoms with van der Waals surface area (Å²) in [5, 5.41) is 12.2. The van der Waals surface area contributed by atoms with Gasteiger partial charge >= 0.3 is 0 Å². The molecule has 0 bridgehead atoms. The molecule has 2 saturated heterocycles. The van der Waals surface area contributed by atoms with Crippen molar-refractivity contribution in [3.63, 3.8) is 0 Å². The first-order chi connectivity index (χ1) is 27.1. The zero-order valence-corrected chi connectivity index (χ0v) is 33.3. The van der Waals surface area contributed by atoms with Gasteiger partial charge < -0.3 is 9.64 Å². The Bertz CT molecular complexity index is 2650. The molecule has 2 aliphatic heterocycles. The smallest absolute Gasteiger partial charge is 0.267 e. The first kappa shape index (κ1) is 38.0. The van der Waals surface area contributed by atoms with E-state index in [4.69, 9.17) is 21.3 Å². The molecule has 0 spiro atoms. The van der Waals surface area contributed by atoms with Crippen LogP contribution in [0.2, 0.25) is 5.02 Å². The number of nitrogens with one attached hydrogen (secondary N) is 1. The van der Waals surface area contributed by atoms with Crippen molar-refractivity contribution in [3.05, 3.63) is 79.9 Å². The number of anilines is 1. The van der Waals surface area contributed by atoms with E-state index in [0.717, 1.165) is 51.1 Å². The van der Waals surface area contributed by atoms with Gasteiger partial charge in [0, 0.05) is 59.0 Å². The fraction of sp³-hybridized carbons (Fsp3) is 0.400. The van der Waals surface area contributed by atoms with Crippen molar-refractivity contribution >= 4 is 65.8 Å². The fourth-order valence-electron chi connectivity index (χ4n) is 7.71. The Morgan fingerprint density at radius 2 is 1.93 bits per heavy atom. The monoisotopic (exact) mass is 810 g/mol. The van der Waals surface area contributed by atoms with Crippen molar-refractivity contribution in [1.82, 2.24) is 29.1 Å². The second kappa shape index (κ2) is 15.6. The van der Waals surface area contributed by atoms with Crippen molar-refractivity contribution in [1.29, 1.82) is 5.26 Å². The minimum Gasteiger partial charge on any atom is -0.378 e. The lowest BCUT2D eigenvalue weighted by Crippen LogP contribution is -2.54. The van der Waals surface area contributed by atoms with Gasteiger partial charge in [0.15, 0.2) is 0 Å². The number of nitriles is 1. The number of piperidine rings is 1. The van der Waals surface area contributed by atoms with E-state index in [0.29, 0.717) is 69.0 Å². The zero-order chi connectivity index (χ0) is 39.1. The van der Waals surface area contributed by atoms with Crippen molar-refractivity contribution in [2.75, 3.05) is 37.7 Å². The van der Waals surface area contributed by atoms with E-state index < -0.39 is 21.2 Å². The number of fused-ring (bicyclic) bond motifs is 2. The molecule has 56 heavy (non-hydrogen) atoms. The van der Waals surface area contributed by atoms with Crippen molar-refractivity contribution < 1.29 is 17.9 Å². The SMILES string of the molecule is CCN(c1ncc2nc(C)n(CC#Cc3ccc(Cl)cc3-c3ccnc4c(C(=O)NS(=O)(=O)C5CCC5)csc34)c(=O)c2c1C#N)C1CCN(C2COC2)CC1. The molecule has 16 heteroatoms. The molecule has 3 fully saturated rings. The number of aryl methyl sites for hydroxylation is 1. The van der Waals surface area contributed by atoms with Gasteiger partial charge in [0.2, 0.25) is 10.0 Å². The third-order valence-electron chi connectivity index (χ3n) is 11.1. The molecule has 1 aromatic carbocycles. The van der Waals surface area contributed by atoms with Crippen molar-refractivity contribution in [2.24, 2.45) is 0 Å². The van der Waals surface area contributed by atoms with Crippen LogP contribution in [0, 0.1) is 30.1 Å². The number of benzene rings is 1. The number of halogens is 1. The Hall–Kier alpha value is -4.90. The van der Waals surface area contributed by atoms with Gasteiger partial charge in [-0.1, -0.05) is 29.9 Å². The van der Waals surface area contributed by atoms with Crippen LogP contribution in [0.15, 0.2) is 46.8 Å². The number of aromatic nitrogens is 4. The molecular formula is C40H39ClN8O5S2. The molecule has 1 N–H and O–H groups in total. The number of carbonyl (C=O) groups is 1. The summed E-state index contributed by atoms with van der Waals surface area (Å²) in [6.07, 6.45) is 6.89. The number of hydrogen-bond acceptors (Lipinski definition) is 12. The lowest BCUT2D eigenvalue weighted by molar-refractivity contribution is -0.0711. The van der Waals surface area contributed by atoms with Gasteiger partial charge in [-0.05, 0) is 63.8 Å². The number of hydrogen-bond donors (Lipinski definition) is 1. The number of thiophene rings is 1. The summed E-state index contributed by atoms with van der Waals surface area (Å²) in [5.41, 5.74) is 2.77. The number of pyridine rings is 2. The third kappa shape index (κ3) is 7.03. The summed E-state index contributed by atoms with van der Waals surface area (Å²) >= 11 is 7.76. The zero-order valence-electron chi connectivity index (χ0n) is 30.9. The summed E-state index contributed by atoms with van der Waals surface area (Å²) in [4.78, 5) is 45.8. The maximum atomic E-state index is 14.2. The molecule has 0 radical (unpaired) electrons. The minimum absolute atomic E-state index is 0.00355. The van der Waals surface area contributed by atoms with Gasteiger partial charge in [0.25, 0.3) is 11.5 Å². The minimum atomic E-state index is -3.78. The first-order valence-corrected chi connectivity index (χ1v) is 21.5. The number of carbonyl (C=O) groups excluding carboxylic acids is 1. The molecule has 1 aliphatic carbocycles. The molecule has 4 aromatic heterocycles. The van der Waals surface area contributed by atoms with E-state index in [1.807, 2.05) is 6.92 Å². The number of likely N-dealkylation sites (tertiary alicyclic amines) is 1. The van der Waals surface area contributed by atoms with Gasteiger partial charge in [-0.15, -0.1) is 11.3 Å². The molecule has 288 valence electrons. The topological polar surface area (TPSA) is 163 Å². The van der Waals surface area contributed by atoms with Gasteiger partial charge in [-0.2, -0.15) is 5.26 Å². The van der Waals surface area contributed by atoms with Crippen LogP contribution >= 0.6 is 22.9 Å². The van der Waals surface area contributed by atoms with E-state index in [2.05, 4.69) is 42.4 Å². The van der Waals surface area contributed by atoms with Crippen LogP contribution in [-0.4, -0.2) is 88.9 Å². The summed E-state index contributed by atoms with van der Waals surface area (Å²) in [7, 11) is -3.78. The Balaban J connectivity index is 1.09. The normalized spacial score (nSPS) is 16.8. The van der Waals surface area contributed by atoms with Gasteiger partial charge in [0.05, 0.1) is 63.9 Å². The summed E-state index contributed by atoms with van der Waals surface area (Å²) < 4.78 is 35.1. The second-order valence-corrected chi connectivity index (χ2v) is 17.6. The molecule has 13 nitrogen and oxygen atoms in total. The van der Waals surface area contributed by atoms with E-state index in [1.54, 1.807) is 49.0 Å². The van der Waals surface area contributed by atoms with Crippen LogP contribution < -0.4 is 15.2 Å².